The summed E-state index contributed by atoms with van der Waals surface area (Å²) in [7, 11) is 0. The topological polar surface area (TPSA) is 0 Å². The number of thiol groups is 2. The Morgan fingerprint density at radius 1 is 0.407 bits per heavy atom. The number of hydrogen-bond donors (Lipinski definition) is 2. The van der Waals surface area contributed by atoms with E-state index in [0.29, 0.717) is 0 Å². The minimum atomic E-state index is -3.75. The van der Waals surface area contributed by atoms with Gasteiger partial charge in [0.1, 0.15) is 9.79 Å². The quantitative estimate of drug-likeness (QED) is 0.148. The summed E-state index contributed by atoms with van der Waals surface area (Å²) in [5.74, 6) is -23.1. The van der Waals surface area contributed by atoms with Gasteiger partial charge in [-0.3, -0.25) is 0 Å². The van der Waals surface area contributed by atoms with Crippen LogP contribution in [0.5, 0.6) is 0 Å². The van der Waals surface area contributed by atoms with Gasteiger partial charge in [-0.25, -0.2) is 43.9 Å². The average Bonchev–Trinajstić information content (AvgIpc) is 2.62. The molecule has 0 heterocycles. The Bertz CT molecular complexity index is 804. The van der Waals surface area contributed by atoms with Gasteiger partial charge in [0, 0.05) is 24.5 Å². The van der Waals surface area contributed by atoms with E-state index in [9.17, 15) is 43.9 Å². The molecular formula is C12H2F10PS4+. The van der Waals surface area contributed by atoms with E-state index in [1.54, 1.807) is 0 Å². The molecule has 2 aromatic carbocycles. The highest BCUT2D eigenvalue weighted by Gasteiger charge is 2.43. The highest BCUT2D eigenvalue weighted by Crippen LogP contribution is 2.90. The second-order valence-electron chi connectivity index (χ2n) is 4.47. The van der Waals surface area contributed by atoms with Gasteiger partial charge in [-0.05, 0) is 0 Å². The Labute approximate surface area is 163 Å². The first-order chi connectivity index (χ1) is 12.3. The summed E-state index contributed by atoms with van der Waals surface area (Å²) in [6, 6.07) is 0. The van der Waals surface area contributed by atoms with Crippen molar-refractivity contribution in [3.05, 3.63) is 58.2 Å². The van der Waals surface area contributed by atoms with E-state index in [2.05, 4.69) is 24.5 Å². The van der Waals surface area contributed by atoms with E-state index in [0.717, 1.165) is 0 Å². The molecule has 0 saturated carbocycles. The van der Waals surface area contributed by atoms with Gasteiger partial charge in [0.2, 0.25) is 11.6 Å². The van der Waals surface area contributed by atoms with E-state index in [-0.39, 0.29) is 22.8 Å². The van der Waals surface area contributed by atoms with Crippen LogP contribution in [0.15, 0.2) is 9.79 Å². The Hall–Kier alpha value is -0.430. The summed E-state index contributed by atoms with van der Waals surface area (Å²) in [5, 5.41) is 0. The van der Waals surface area contributed by atoms with E-state index < -0.39 is 72.0 Å². The third kappa shape index (κ3) is 4.29. The van der Waals surface area contributed by atoms with Crippen LogP contribution in [0, 0.1) is 58.2 Å². The number of benzene rings is 2. The Morgan fingerprint density at radius 3 is 0.815 bits per heavy atom. The lowest BCUT2D eigenvalue weighted by atomic mass is 10.3. The Balaban J connectivity index is 2.49. The van der Waals surface area contributed by atoms with Crippen molar-refractivity contribution < 1.29 is 43.9 Å². The average molecular weight is 495 g/mol. The lowest BCUT2D eigenvalue weighted by molar-refractivity contribution is 0.361. The maximum absolute atomic E-state index is 13.7. The van der Waals surface area contributed by atoms with E-state index in [4.69, 9.17) is 0 Å². The van der Waals surface area contributed by atoms with Crippen molar-refractivity contribution in [3.63, 3.8) is 0 Å². The first kappa shape index (κ1) is 22.9. The molecule has 15 heteroatoms. The molecule has 0 bridgehead atoms. The maximum Gasteiger partial charge on any atom is 0.253 e. The van der Waals surface area contributed by atoms with Crippen LogP contribution in [0.4, 0.5) is 43.9 Å². The molecule has 2 rings (SSSR count). The van der Waals surface area contributed by atoms with Crippen molar-refractivity contribution in [1.82, 2.24) is 0 Å². The van der Waals surface area contributed by atoms with Crippen LogP contribution < -0.4 is 0 Å². The number of hydrogen-bond acceptors (Lipinski definition) is 4. The molecule has 0 fully saturated rings. The van der Waals surface area contributed by atoms with Gasteiger partial charge in [-0.15, -0.1) is 0 Å². The predicted octanol–water partition coefficient (Wildman–Crippen LogP) is 7.50. The summed E-state index contributed by atoms with van der Waals surface area (Å²) in [5.41, 5.74) is 0. The molecule has 2 aromatic rings. The largest absolute Gasteiger partial charge is 0.253 e. The van der Waals surface area contributed by atoms with Crippen LogP contribution in [0.2, 0.25) is 0 Å². The molecule has 0 spiro atoms. The molecule has 0 unspecified atom stereocenters. The minimum absolute atomic E-state index is 0.202. The zero-order chi connectivity index (χ0) is 20.8. The fourth-order valence-corrected chi connectivity index (χ4v) is 9.90. The SMILES string of the molecule is Fc1c(F)c(F)c(S[P+](S)(S)Sc2c(F)c(F)c(F)c(F)c2F)c(F)c1F. The Kier molecular flexibility index (Phi) is 6.88. The smallest absolute Gasteiger partial charge is 0.202 e. The van der Waals surface area contributed by atoms with Crippen LogP contribution in [0.25, 0.3) is 0 Å². The monoisotopic (exact) mass is 495 g/mol. The fraction of sp³-hybridized carbons (Fsp3) is 0. The summed E-state index contributed by atoms with van der Waals surface area (Å²) < 4.78 is 130. The minimum Gasteiger partial charge on any atom is -0.202 e. The van der Waals surface area contributed by atoms with E-state index >= 15 is 0 Å². The third-order valence-corrected chi connectivity index (χ3v) is 11.1. The molecule has 0 amide bonds. The van der Waals surface area contributed by atoms with Crippen molar-refractivity contribution in [3.8, 4) is 0 Å². The fourth-order valence-electron chi connectivity index (χ4n) is 1.59. The highest BCUT2D eigenvalue weighted by atomic mass is 33.6. The molecule has 0 saturated heterocycles. The first-order valence-electron chi connectivity index (χ1n) is 6.06. The van der Waals surface area contributed by atoms with Gasteiger partial charge in [0.15, 0.2) is 46.5 Å². The summed E-state index contributed by atoms with van der Waals surface area (Å²) >= 11 is 7.09. The van der Waals surface area contributed by atoms with Crippen molar-refractivity contribution in [2.24, 2.45) is 0 Å². The predicted molar refractivity (Wildman–Crippen MR) is 89.1 cm³/mol. The molecule has 0 atom stereocenters. The second-order valence-corrected chi connectivity index (χ2v) is 19.5. The molecule has 0 aliphatic carbocycles. The summed E-state index contributed by atoms with van der Waals surface area (Å²) in [6.45, 7) is 0. The normalized spacial score (nSPS) is 12.0. The first-order valence-corrected chi connectivity index (χ1v) is 13.0. The molecule has 0 aliphatic heterocycles. The molecule has 0 nitrogen and oxygen atoms in total. The van der Waals surface area contributed by atoms with Gasteiger partial charge >= 0.3 is 0 Å². The van der Waals surface area contributed by atoms with Crippen LogP contribution in [0.3, 0.4) is 0 Å². The zero-order valence-corrected chi connectivity index (χ0v) is 16.3. The highest BCUT2D eigenvalue weighted by molar-refractivity contribution is 9.33. The molecule has 0 aliphatic rings. The van der Waals surface area contributed by atoms with E-state index in [1.165, 1.54) is 0 Å². The van der Waals surface area contributed by atoms with Gasteiger partial charge in [-0.2, -0.15) is 0 Å². The van der Waals surface area contributed by atoms with Crippen LogP contribution in [0.1, 0.15) is 0 Å². The lowest BCUT2D eigenvalue weighted by Gasteiger charge is -2.14. The van der Waals surface area contributed by atoms with Crippen molar-refractivity contribution >= 4 is 51.3 Å². The molecule has 0 aromatic heterocycles. The van der Waals surface area contributed by atoms with Gasteiger partial charge < -0.3 is 0 Å². The van der Waals surface area contributed by atoms with Gasteiger partial charge in [0.25, 0.3) is 4.07 Å². The van der Waals surface area contributed by atoms with Gasteiger partial charge in [0.05, 0.1) is 22.8 Å². The van der Waals surface area contributed by atoms with Crippen molar-refractivity contribution in [2.45, 2.75) is 9.79 Å². The molecular weight excluding hydrogens is 493 g/mol. The summed E-state index contributed by atoms with van der Waals surface area (Å²) in [4.78, 5) is -2.94. The second kappa shape index (κ2) is 8.13. The Morgan fingerprint density at radius 2 is 0.593 bits per heavy atom. The lowest BCUT2D eigenvalue weighted by Crippen LogP contribution is -2.03. The van der Waals surface area contributed by atoms with Gasteiger partial charge in [-0.1, -0.05) is 0 Å². The van der Waals surface area contributed by atoms with Crippen LogP contribution >= 0.6 is 51.3 Å². The summed E-state index contributed by atoms with van der Waals surface area (Å²) in [6.07, 6.45) is 0. The van der Waals surface area contributed by atoms with Crippen molar-refractivity contribution in [1.29, 1.82) is 0 Å². The molecule has 148 valence electrons. The van der Waals surface area contributed by atoms with E-state index in [1.807, 2.05) is 0 Å². The van der Waals surface area contributed by atoms with Crippen molar-refractivity contribution in [2.75, 3.05) is 0 Å². The molecule has 0 radical (unpaired) electrons. The maximum atomic E-state index is 13.7. The molecule has 0 N–H and O–H groups in total. The standard InChI is InChI=1S/C12H2F10PS4/c13-1-3(15)7(19)11(8(20)4(1)16)26-23(24,25)27-12-9(21)5(17)2(14)6(18)10(12)22/h24-25H/q+1. The number of halogens is 10. The van der Waals surface area contributed by atoms with Crippen LogP contribution in [-0.2, 0) is 0 Å². The molecule has 27 heavy (non-hydrogen) atoms. The number of rotatable bonds is 4. The zero-order valence-electron chi connectivity index (χ0n) is 11.9. The van der Waals surface area contributed by atoms with Crippen LogP contribution in [-0.4, -0.2) is 0 Å². The third-order valence-electron chi connectivity index (χ3n) is 2.76.